The number of sulfonamides is 1. The SMILES string of the molecule is CCOc1ccc(S(=O)(=O)Nc2ccc(C(=O)Nc3cccc(OCCCC#N)c3)cc2)cc1. The number of benzene rings is 3. The molecule has 8 nitrogen and oxygen atoms in total. The molecule has 0 atom stereocenters. The van der Waals surface area contributed by atoms with E-state index in [4.69, 9.17) is 14.7 Å². The van der Waals surface area contributed by atoms with E-state index in [0.29, 0.717) is 54.5 Å². The van der Waals surface area contributed by atoms with Crippen molar-refractivity contribution in [3.05, 3.63) is 78.4 Å². The van der Waals surface area contributed by atoms with Crippen LogP contribution >= 0.6 is 0 Å². The van der Waals surface area contributed by atoms with Crippen molar-refractivity contribution in [2.45, 2.75) is 24.7 Å². The van der Waals surface area contributed by atoms with Crippen LogP contribution in [0.25, 0.3) is 0 Å². The molecule has 0 bridgehead atoms. The fourth-order valence-electron chi connectivity index (χ4n) is 2.99. The van der Waals surface area contributed by atoms with Crippen molar-refractivity contribution >= 4 is 27.3 Å². The summed E-state index contributed by atoms with van der Waals surface area (Å²) >= 11 is 0. The van der Waals surface area contributed by atoms with Gasteiger partial charge in [0.2, 0.25) is 0 Å². The number of hydrogen-bond donors (Lipinski definition) is 2. The summed E-state index contributed by atoms with van der Waals surface area (Å²) in [5.41, 5.74) is 1.26. The molecular formula is C25H25N3O5S. The Morgan fingerprint density at radius 1 is 0.941 bits per heavy atom. The van der Waals surface area contributed by atoms with Crippen LogP contribution in [-0.4, -0.2) is 27.5 Å². The first-order chi connectivity index (χ1) is 16.4. The van der Waals surface area contributed by atoms with Crippen LogP contribution in [0.3, 0.4) is 0 Å². The molecule has 0 aliphatic carbocycles. The van der Waals surface area contributed by atoms with E-state index in [1.54, 1.807) is 36.4 Å². The average molecular weight is 480 g/mol. The van der Waals surface area contributed by atoms with Gasteiger partial charge in [0, 0.05) is 29.4 Å². The molecule has 3 rings (SSSR count). The molecule has 3 aromatic carbocycles. The molecular weight excluding hydrogens is 454 g/mol. The van der Waals surface area contributed by atoms with Crippen LogP contribution in [0.2, 0.25) is 0 Å². The van der Waals surface area contributed by atoms with Gasteiger partial charge in [-0.1, -0.05) is 6.07 Å². The van der Waals surface area contributed by atoms with Gasteiger partial charge >= 0.3 is 0 Å². The zero-order valence-corrected chi connectivity index (χ0v) is 19.5. The zero-order valence-electron chi connectivity index (χ0n) is 18.7. The first-order valence-electron chi connectivity index (χ1n) is 10.7. The molecule has 0 fully saturated rings. The topological polar surface area (TPSA) is 118 Å². The van der Waals surface area contributed by atoms with Crippen LogP contribution in [-0.2, 0) is 10.0 Å². The molecule has 0 aromatic heterocycles. The second kappa shape index (κ2) is 11.7. The molecule has 2 N–H and O–H groups in total. The lowest BCUT2D eigenvalue weighted by Crippen LogP contribution is -2.14. The minimum absolute atomic E-state index is 0.104. The molecule has 0 heterocycles. The van der Waals surface area contributed by atoms with Crippen LogP contribution in [0.15, 0.2) is 77.7 Å². The summed E-state index contributed by atoms with van der Waals surface area (Å²) in [5.74, 6) is 0.838. The van der Waals surface area contributed by atoms with Crippen molar-refractivity contribution in [2.75, 3.05) is 23.3 Å². The van der Waals surface area contributed by atoms with Gasteiger partial charge in [-0.05, 0) is 74.0 Å². The van der Waals surface area contributed by atoms with E-state index in [2.05, 4.69) is 16.1 Å². The molecule has 9 heteroatoms. The number of carbonyl (C=O) groups excluding carboxylic acids is 1. The molecule has 176 valence electrons. The van der Waals surface area contributed by atoms with E-state index in [1.165, 1.54) is 36.4 Å². The molecule has 3 aromatic rings. The van der Waals surface area contributed by atoms with Crippen LogP contribution < -0.4 is 19.5 Å². The molecule has 34 heavy (non-hydrogen) atoms. The van der Waals surface area contributed by atoms with Crippen LogP contribution in [0.4, 0.5) is 11.4 Å². The Bertz CT molecular complexity index is 1250. The van der Waals surface area contributed by atoms with E-state index in [0.717, 1.165) is 0 Å². The number of rotatable bonds is 11. The molecule has 0 aliphatic heterocycles. The van der Waals surface area contributed by atoms with Crippen molar-refractivity contribution < 1.29 is 22.7 Å². The number of nitrogens with one attached hydrogen (secondary N) is 2. The lowest BCUT2D eigenvalue weighted by Gasteiger charge is -2.11. The highest BCUT2D eigenvalue weighted by atomic mass is 32.2. The Kier molecular flexibility index (Phi) is 8.48. The number of nitriles is 1. The predicted molar refractivity (Wildman–Crippen MR) is 130 cm³/mol. The van der Waals surface area contributed by atoms with Crippen LogP contribution in [0.5, 0.6) is 11.5 Å². The number of hydrogen-bond acceptors (Lipinski definition) is 6. The molecule has 1 amide bonds. The summed E-state index contributed by atoms with van der Waals surface area (Å²) < 4.78 is 38.6. The molecule has 0 aliphatic rings. The fourth-order valence-corrected chi connectivity index (χ4v) is 4.05. The Labute approximate surface area is 199 Å². The Morgan fingerprint density at radius 2 is 1.68 bits per heavy atom. The number of nitrogens with zero attached hydrogens (tertiary/aromatic N) is 1. The third-order valence-electron chi connectivity index (χ3n) is 4.64. The number of amides is 1. The van der Waals surface area contributed by atoms with Crippen molar-refractivity contribution in [3.63, 3.8) is 0 Å². The van der Waals surface area contributed by atoms with E-state index < -0.39 is 10.0 Å². The number of anilines is 2. The summed E-state index contributed by atoms with van der Waals surface area (Å²) in [4.78, 5) is 12.7. The Balaban J connectivity index is 1.60. The van der Waals surface area contributed by atoms with E-state index in [-0.39, 0.29) is 10.8 Å². The summed E-state index contributed by atoms with van der Waals surface area (Å²) in [7, 11) is -3.78. The van der Waals surface area contributed by atoms with Gasteiger partial charge in [-0.15, -0.1) is 0 Å². The van der Waals surface area contributed by atoms with Gasteiger partial charge in [0.25, 0.3) is 15.9 Å². The van der Waals surface area contributed by atoms with Crippen molar-refractivity contribution in [1.82, 2.24) is 0 Å². The largest absolute Gasteiger partial charge is 0.494 e. The summed E-state index contributed by atoms with van der Waals surface area (Å²) in [6, 6.07) is 21.3. The third kappa shape index (κ3) is 6.98. The lowest BCUT2D eigenvalue weighted by atomic mass is 10.2. The normalized spacial score (nSPS) is 10.7. The molecule has 0 unspecified atom stereocenters. The molecule has 0 spiro atoms. The van der Waals surface area contributed by atoms with Gasteiger partial charge in [0.1, 0.15) is 11.5 Å². The fraction of sp³-hybridized carbons (Fsp3) is 0.200. The zero-order chi connectivity index (χ0) is 24.4. The van der Waals surface area contributed by atoms with Gasteiger partial charge in [0.15, 0.2) is 0 Å². The predicted octanol–water partition coefficient (Wildman–Crippen LogP) is 4.82. The Hall–Kier alpha value is -4.03. The number of unbranched alkanes of at least 4 members (excludes halogenated alkanes) is 1. The molecule has 0 radical (unpaired) electrons. The second-order valence-corrected chi connectivity index (χ2v) is 8.86. The van der Waals surface area contributed by atoms with Crippen molar-refractivity contribution in [1.29, 1.82) is 5.26 Å². The number of ether oxygens (including phenoxy) is 2. The molecule has 0 saturated heterocycles. The monoisotopic (exact) mass is 479 g/mol. The van der Waals surface area contributed by atoms with E-state index in [9.17, 15) is 13.2 Å². The van der Waals surface area contributed by atoms with E-state index in [1.807, 2.05) is 6.92 Å². The highest BCUT2D eigenvalue weighted by Gasteiger charge is 2.15. The smallest absolute Gasteiger partial charge is 0.261 e. The highest BCUT2D eigenvalue weighted by Crippen LogP contribution is 2.21. The number of carbonyl (C=O) groups is 1. The first kappa shape index (κ1) is 24.6. The van der Waals surface area contributed by atoms with Gasteiger partial charge < -0.3 is 14.8 Å². The van der Waals surface area contributed by atoms with Crippen molar-refractivity contribution in [2.24, 2.45) is 0 Å². The second-order valence-electron chi connectivity index (χ2n) is 7.18. The highest BCUT2D eigenvalue weighted by molar-refractivity contribution is 7.92. The Morgan fingerprint density at radius 3 is 2.35 bits per heavy atom. The maximum absolute atomic E-state index is 12.6. The quantitative estimate of drug-likeness (QED) is 0.381. The third-order valence-corrected chi connectivity index (χ3v) is 6.04. The minimum Gasteiger partial charge on any atom is -0.494 e. The van der Waals surface area contributed by atoms with Gasteiger partial charge in [-0.3, -0.25) is 9.52 Å². The van der Waals surface area contributed by atoms with Gasteiger partial charge in [0.05, 0.1) is 24.2 Å². The maximum Gasteiger partial charge on any atom is 0.261 e. The standard InChI is InChI=1S/C25H25N3O5S/c1-2-32-22-12-14-24(15-13-22)34(30,31)28-20-10-8-19(9-11-20)25(29)27-21-6-5-7-23(18-21)33-17-4-3-16-26/h5-15,18,28H,2-4,17H2,1H3,(H,27,29). The minimum atomic E-state index is -3.78. The van der Waals surface area contributed by atoms with Gasteiger partial charge in [-0.2, -0.15) is 5.26 Å². The maximum atomic E-state index is 12.6. The first-order valence-corrected chi connectivity index (χ1v) is 12.2. The summed E-state index contributed by atoms with van der Waals surface area (Å²) in [6.07, 6.45) is 1.05. The summed E-state index contributed by atoms with van der Waals surface area (Å²) in [5, 5.41) is 11.4. The van der Waals surface area contributed by atoms with Crippen molar-refractivity contribution in [3.8, 4) is 17.6 Å². The molecule has 0 saturated carbocycles. The van der Waals surface area contributed by atoms with Gasteiger partial charge in [-0.25, -0.2) is 8.42 Å². The van der Waals surface area contributed by atoms with Crippen LogP contribution in [0, 0.1) is 11.3 Å². The van der Waals surface area contributed by atoms with Crippen LogP contribution in [0.1, 0.15) is 30.1 Å². The lowest BCUT2D eigenvalue weighted by molar-refractivity contribution is 0.102. The van der Waals surface area contributed by atoms with E-state index >= 15 is 0 Å². The summed E-state index contributed by atoms with van der Waals surface area (Å²) in [6.45, 7) is 2.76. The average Bonchev–Trinajstić information content (AvgIpc) is 2.83.